The first-order valence-electron chi connectivity index (χ1n) is 12.0. The van der Waals surface area contributed by atoms with Crippen LogP contribution in [0.1, 0.15) is 36.0 Å². The number of methoxy groups -OCH3 is 2. The van der Waals surface area contributed by atoms with Crippen molar-refractivity contribution >= 4 is 11.8 Å². The Kier molecular flexibility index (Phi) is 6.44. The molecule has 0 spiro atoms. The van der Waals surface area contributed by atoms with Crippen molar-refractivity contribution in [1.82, 2.24) is 20.0 Å². The summed E-state index contributed by atoms with van der Waals surface area (Å²) >= 11 is 0. The number of nitrogens with zero attached hydrogens (tertiary/aromatic N) is 3. The SMILES string of the molecule is COc1ccc(-c2nn(-c3ccccc3)cc2C(=O)N2CCC(NC(=O)C3CC3)CC2)cc1OC. The van der Waals surface area contributed by atoms with Gasteiger partial charge in [-0.05, 0) is 56.0 Å². The molecule has 8 heteroatoms. The summed E-state index contributed by atoms with van der Waals surface area (Å²) in [5, 5.41) is 7.94. The molecule has 0 bridgehead atoms. The van der Waals surface area contributed by atoms with Gasteiger partial charge >= 0.3 is 0 Å². The molecule has 35 heavy (non-hydrogen) atoms. The maximum Gasteiger partial charge on any atom is 0.257 e. The van der Waals surface area contributed by atoms with Gasteiger partial charge in [-0.3, -0.25) is 9.59 Å². The molecule has 182 valence electrons. The van der Waals surface area contributed by atoms with Gasteiger partial charge in [-0.15, -0.1) is 0 Å². The third-order valence-corrected chi connectivity index (χ3v) is 6.70. The molecule has 2 aromatic carbocycles. The molecule has 1 aliphatic carbocycles. The second-order valence-electron chi connectivity index (χ2n) is 9.09. The van der Waals surface area contributed by atoms with Crippen molar-refractivity contribution < 1.29 is 19.1 Å². The zero-order valence-corrected chi connectivity index (χ0v) is 20.1. The molecule has 0 radical (unpaired) electrons. The highest BCUT2D eigenvalue weighted by atomic mass is 16.5. The number of para-hydroxylation sites is 1. The molecule has 1 N–H and O–H groups in total. The molecule has 2 heterocycles. The van der Waals surface area contributed by atoms with Crippen LogP contribution < -0.4 is 14.8 Å². The van der Waals surface area contributed by atoms with Gasteiger partial charge in [0.05, 0.1) is 25.5 Å². The number of likely N-dealkylation sites (tertiary alicyclic amines) is 1. The Morgan fingerprint density at radius 1 is 0.943 bits per heavy atom. The van der Waals surface area contributed by atoms with Crippen LogP contribution in [-0.2, 0) is 4.79 Å². The van der Waals surface area contributed by atoms with E-state index in [4.69, 9.17) is 14.6 Å². The molecule has 0 unspecified atom stereocenters. The van der Waals surface area contributed by atoms with E-state index in [1.807, 2.05) is 53.4 Å². The number of hydrogen-bond donors (Lipinski definition) is 1. The average Bonchev–Trinajstić information content (AvgIpc) is 3.67. The Hall–Kier alpha value is -3.81. The molecule has 1 aromatic heterocycles. The van der Waals surface area contributed by atoms with E-state index in [0.717, 1.165) is 36.9 Å². The fourth-order valence-electron chi connectivity index (χ4n) is 4.50. The first-order valence-corrected chi connectivity index (χ1v) is 12.0. The molecule has 2 fully saturated rings. The molecule has 5 rings (SSSR count). The Labute approximate surface area is 204 Å². The number of ether oxygens (including phenoxy) is 2. The van der Waals surface area contributed by atoms with Crippen molar-refractivity contribution in [2.45, 2.75) is 31.7 Å². The molecule has 8 nitrogen and oxygen atoms in total. The van der Waals surface area contributed by atoms with Crippen LogP contribution in [0.4, 0.5) is 0 Å². The van der Waals surface area contributed by atoms with Crippen LogP contribution >= 0.6 is 0 Å². The normalized spacial score (nSPS) is 16.1. The molecule has 1 saturated carbocycles. The van der Waals surface area contributed by atoms with E-state index in [0.29, 0.717) is 35.8 Å². The van der Waals surface area contributed by atoms with E-state index in [9.17, 15) is 9.59 Å². The van der Waals surface area contributed by atoms with Crippen molar-refractivity contribution in [3.8, 4) is 28.4 Å². The minimum absolute atomic E-state index is 0.0658. The van der Waals surface area contributed by atoms with Crippen LogP contribution in [0.3, 0.4) is 0 Å². The van der Waals surface area contributed by atoms with E-state index in [-0.39, 0.29) is 23.8 Å². The number of amides is 2. The second kappa shape index (κ2) is 9.82. The number of carbonyl (C=O) groups is 2. The van der Waals surface area contributed by atoms with Crippen LogP contribution in [0, 0.1) is 5.92 Å². The highest BCUT2D eigenvalue weighted by Gasteiger charge is 2.33. The molecule has 1 saturated heterocycles. The predicted octanol–water partition coefficient (Wildman–Crippen LogP) is 3.69. The number of benzene rings is 2. The summed E-state index contributed by atoms with van der Waals surface area (Å²) in [6.45, 7) is 1.19. The van der Waals surface area contributed by atoms with Crippen molar-refractivity contribution in [2.75, 3.05) is 27.3 Å². The second-order valence-corrected chi connectivity index (χ2v) is 9.09. The number of rotatable bonds is 7. The summed E-state index contributed by atoms with van der Waals surface area (Å²) < 4.78 is 12.6. The maximum absolute atomic E-state index is 13.7. The van der Waals surface area contributed by atoms with Crippen molar-refractivity contribution in [1.29, 1.82) is 0 Å². The van der Waals surface area contributed by atoms with Crippen molar-refractivity contribution in [3.05, 3.63) is 60.3 Å². The lowest BCUT2D eigenvalue weighted by atomic mass is 10.0. The highest BCUT2D eigenvalue weighted by molar-refractivity contribution is 6.00. The van der Waals surface area contributed by atoms with Crippen molar-refractivity contribution in [2.24, 2.45) is 5.92 Å². The van der Waals surface area contributed by atoms with E-state index in [1.54, 1.807) is 25.1 Å². The fourth-order valence-corrected chi connectivity index (χ4v) is 4.50. The lowest BCUT2D eigenvalue weighted by Crippen LogP contribution is -2.47. The van der Waals surface area contributed by atoms with Crippen LogP contribution in [0.5, 0.6) is 11.5 Å². The topological polar surface area (TPSA) is 85.7 Å². The predicted molar refractivity (Wildman–Crippen MR) is 132 cm³/mol. The van der Waals surface area contributed by atoms with Gasteiger partial charge in [-0.25, -0.2) is 4.68 Å². The molecule has 2 amide bonds. The van der Waals surface area contributed by atoms with Crippen molar-refractivity contribution in [3.63, 3.8) is 0 Å². The van der Waals surface area contributed by atoms with Gasteiger partial charge in [-0.1, -0.05) is 18.2 Å². The largest absolute Gasteiger partial charge is 0.493 e. The standard InChI is InChI=1S/C27H30N4O4/c1-34-23-11-10-19(16-24(23)35-2)25-22(17-31(29-25)21-6-4-3-5-7-21)27(33)30-14-12-20(13-15-30)28-26(32)18-8-9-18/h3-7,10-11,16-18,20H,8-9,12-15H2,1-2H3,(H,28,32). The van der Waals surface area contributed by atoms with Gasteiger partial charge in [0.2, 0.25) is 5.91 Å². The smallest absolute Gasteiger partial charge is 0.257 e. The van der Waals surface area contributed by atoms with E-state index >= 15 is 0 Å². The minimum atomic E-state index is -0.0658. The summed E-state index contributed by atoms with van der Waals surface area (Å²) in [6, 6.07) is 15.4. The molecular weight excluding hydrogens is 444 g/mol. The minimum Gasteiger partial charge on any atom is -0.493 e. The maximum atomic E-state index is 13.7. The zero-order chi connectivity index (χ0) is 24.4. The number of nitrogens with one attached hydrogen (secondary N) is 1. The van der Waals surface area contributed by atoms with Crippen LogP contribution in [-0.4, -0.2) is 59.8 Å². The number of carbonyl (C=O) groups excluding carboxylic acids is 2. The van der Waals surface area contributed by atoms with E-state index in [2.05, 4.69) is 5.32 Å². The Balaban J connectivity index is 1.42. The lowest BCUT2D eigenvalue weighted by Gasteiger charge is -2.32. The third-order valence-electron chi connectivity index (χ3n) is 6.70. The lowest BCUT2D eigenvalue weighted by molar-refractivity contribution is -0.123. The van der Waals surface area contributed by atoms with Gasteiger partial charge < -0.3 is 19.7 Å². The third kappa shape index (κ3) is 4.87. The average molecular weight is 475 g/mol. The van der Waals surface area contributed by atoms with E-state index in [1.165, 1.54) is 0 Å². The molecule has 0 atom stereocenters. The first-order chi connectivity index (χ1) is 17.1. The van der Waals surface area contributed by atoms with Gasteiger partial charge in [0, 0.05) is 36.8 Å². The summed E-state index contributed by atoms with van der Waals surface area (Å²) in [6.07, 6.45) is 5.29. The summed E-state index contributed by atoms with van der Waals surface area (Å²) in [4.78, 5) is 27.7. The summed E-state index contributed by atoms with van der Waals surface area (Å²) in [5.41, 5.74) is 2.76. The van der Waals surface area contributed by atoms with Gasteiger partial charge in [0.15, 0.2) is 11.5 Å². The molecule has 1 aliphatic heterocycles. The van der Waals surface area contributed by atoms with Gasteiger partial charge in [0.1, 0.15) is 5.69 Å². The molecule has 2 aliphatic rings. The molecular formula is C27H30N4O4. The Morgan fingerprint density at radius 2 is 1.66 bits per heavy atom. The monoisotopic (exact) mass is 474 g/mol. The molecule has 3 aromatic rings. The van der Waals surface area contributed by atoms with Crippen LogP contribution in [0.2, 0.25) is 0 Å². The summed E-state index contributed by atoms with van der Waals surface area (Å²) in [7, 11) is 3.18. The number of piperidine rings is 1. The zero-order valence-electron chi connectivity index (χ0n) is 20.1. The Morgan fingerprint density at radius 3 is 2.31 bits per heavy atom. The van der Waals surface area contributed by atoms with Crippen LogP contribution in [0.25, 0.3) is 16.9 Å². The van der Waals surface area contributed by atoms with Crippen LogP contribution in [0.15, 0.2) is 54.7 Å². The van der Waals surface area contributed by atoms with E-state index < -0.39 is 0 Å². The fraction of sp³-hybridized carbons (Fsp3) is 0.370. The van der Waals surface area contributed by atoms with Gasteiger partial charge in [-0.2, -0.15) is 5.10 Å². The number of hydrogen-bond acceptors (Lipinski definition) is 5. The quantitative estimate of drug-likeness (QED) is 0.565. The highest BCUT2D eigenvalue weighted by Crippen LogP contribution is 2.34. The first kappa shape index (κ1) is 23.0. The van der Waals surface area contributed by atoms with Gasteiger partial charge in [0.25, 0.3) is 5.91 Å². The summed E-state index contributed by atoms with van der Waals surface area (Å²) in [5.74, 6) is 1.48. The Bertz CT molecular complexity index is 1210. The number of aromatic nitrogens is 2.